The zero-order valence-corrected chi connectivity index (χ0v) is 21.1. The van der Waals surface area contributed by atoms with Gasteiger partial charge in [-0.05, 0) is 35.9 Å². The largest absolute Gasteiger partial charge is 0.489 e. The minimum absolute atomic E-state index is 0.215. The Bertz CT molecular complexity index is 1500. The first kappa shape index (κ1) is 24.5. The number of carbonyl (C=O) groups excluding carboxylic acids is 1. The van der Waals surface area contributed by atoms with Gasteiger partial charge in [0.2, 0.25) is 0 Å². The molecule has 4 aromatic rings. The van der Waals surface area contributed by atoms with E-state index in [4.69, 9.17) is 27.2 Å². The number of amides is 1. The van der Waals surface area contributed by atoms with Crippen LogP contribution in [0.25, 0.3) is 23.0 Å². The van der Waals surface area contributed by atoms with Crippen LogP contribution in [0.5, 0.6) is 5.75 Å². The van der Waals surface area contributed by atoms with E-state index in [9.17, 15) is 9.59 Å². The predicted molar refractivity (Wildman–Crippen MR) is 147 cm³/mol. The van der Waals surface area contributed by atoms with Crippen LogP contribution in [0.15, 0.2) is 96.0 Å². The molecule has 1 N–H and O–H groups in total. The Balaban J connectivity index is 1.51. The van der Waals surface area contributed by atoms with Crippen LogP contribution in [-0.2, 0) is 16.2 Å². The lowest BCUT2D eigenvalue weighted by molar-refractivity contribution is -0.140. The SMILES string of the molecule is O=C(O)CN1C(=O)/C(=C/c2cn(-c3ccccc3)nc2-c2cccc(OCc3ccccc3)c2)SC1=S. The Morgan fingerprint density at radius 1 is 1.03 bits per heavy atom. The summed E-state index contributed by atoms with van der Waals surface area (Å²) in [6.45, 7) is -0.0411. The van der Waals surface area contributed by atoms with E-state index in [-0.39, 0.29) is 4.32 Å². The lowest BCUT2D eigenvalue weighted by Crippen LogP contribution is -2.33. The summed E-state index contributed by atoms with van der Waals surface area (Å²) in [4.78, 5) is 25.5. The number of carboxylic acids is 1. The molecule has 7 nitrogen and oxygen atoms in total. The second-order valence-corrected chi connectivity index (χ2v) is 9.85. The minimum atomic E-state index is -1.12. The number of hydrogen-bond acceptors (Lipinski definition) is 6. The molecule has 0 bridgehead atoms. The molecule has 9 heteroatoms. The molecular weight excluding hydrogens is 506 g/mol. The standard InChI is InChI=1S/C28H21N3O4S2/c32-25(33)17-30-27(34)24(37-28(30)36)15-21-16-31(22-11-5-2-6-12-22)29-26(21)20-10-7-13-23(14-20)35-18-19-8-3-1-4-9-19/h1-16H,17-18H2,(H,32,33)/b24-15-. The van der Waals surface area contributed by atoms with Gasteiger partial charge >= 0.3 is 5.97 Å². The molecule has 1 aromatic heterocycles. The zero-order valence-electron chi connectivity index (χ0n) is 19.5. The number of aromatic nitrogens is 2. The van der Waals surface area contributed by atoms with Crippen LogP contribution >= 0.6 is 24.0 Å². The number of carboxylic acid groups (broad SMARTS) is 1. The maximum Gasteiger partial charge on any atom is 0.323 e. The van der Waals surface area contributed by atoms with Crippen LogP contribution in [0.1, 0.15) is 11.1 Å². The number of carbonyl (C=O) groups is 2. The Hall–Kier alpha value is -4.21. The highest BCUT2D eigenvalue weighted by Crippen LogP contribution is 2.35. The molecule has 0 radical (unpaired) electrons. The minimum Gasteiger partial charge on any atom is -0.489 e. The van der Waals surface area contributed by atoms with Gasteiger partial charge in [0.15, 0.2) is 0 Å². The first-order valence-corrected chi connectivity index (χ1v) is 12.6. The summed E-state index contributed by atoms with van der Waals surface area (Å²) < 4.78 is 7.97. The number of ether oxygens (including phenoxy) is 1. The number of thioether (sulfide) groups is 1. The van der Waals surface area contributed by atoms with Gasteiger partial charge in [0.25, 0.3) is 5.91 Å². The van der Waals surface area contributed by atoms with E-state index >= 15 is 0 Å². The monoisotopic (exact) mass is 527 g/mol. The van der Waals surface area contributed by atoms with Gasteiger partial charge < -0.3 is 9.84 Å². The van der Waals surface area contributed by atoms with Gasteiger partial charge in [0.1, 0.15) is 28.9 Å². The molecule has 1 aliphatic heterocycles. The second-order valence-electron chi connectivity index (χ2n) is 8.18. The van der Waals surface area contributed by atoms with Crippen LogP contribution in [0.2, 0.25) is 0 Å². The third-order valence-corrected chi connectivity index (χ3v) is 6.95. The van der Waals surface area contributed by atoms with Gasteiger partial charge in [-0.3, -0.25) is 14.5 Å². The summed E-state index contributed by atoms with van der Waals surface area (Å²) in [5, 5.41) is 14.0. The molecule has 0 spiro atoms. The van der Waals surface area contributed by atoms with Crippen molar-refractivity contribution in [3.8, 4) is 22.7 Å². The molecule has 1 amide bonds. The summed E-state index contributed by atoms with van der Waals surface area (Å²) in [5.74, 6) is -0.868. The van der Waals surface area contributed by atoms with Crippen molar-refractivity contribution in [3.63, 3.8) is 0 Å². The maximum absolute atomic E-state index is 12.9. The Kier molecular flexibility index (Phi) is 7.16. The Labute approximate surface area is 223 Å². The van der Waals surface area contributed by atoms with Gasteiger partial charge in [-0.1, -0.05) is 84.6 Å². The highest BCUT2D eigenvalue weighted by atomic mass is 32.2. The fourth-order valence-corrected chi connectivity index (χ4v) is 5.06. The van der Waals surface area contributed by atoms with Crippen molar-refractivity contribution in [2.75, 3.05) is 6.54 Å². The van der Waals surface area contributed by atoms with E-state index < -0.39 is 18.4 Å². The topological polar surface area (TPSA) is 84.7 Å². The number of para-hydroxylation sites is 1. The molecule has 1 saturated heterocycles. The van der Waals surface area contributed by atoms with Crippen LogP contribution < -0.4 is 4.74 Å². The highest BCUT2D eigenvalue weighted by Gasteiger charge is 2.33. The third kappa shape index (κ3) is 5.63. The number of nitrogens with zero attached hydrogens (tertiary/aromatic N) is 3. The van der Waals surface area contributed by atoms with Gasteiger partial charge in [-0.15, -0.1) is 0 Å². The molecule has 1 fully saturated rings. The average molecular weight is 528 g/mol. The molecule has 0 atom stereocenters. The first-order valence-electron chi connectivity index (χ1n) is 11.4. The number of hydrogen-bond donors (Lipinski definition) is 1. The van der Waals surface area contributed by atoms with Gasteiger partial charge in [0.05, 0.1) is 10.6 Å². The highest BCUT2D eigenvalue weighted by molar-refractivity contribution is 8.26. The fraction of sp³-hybridized carbons (Fsp3) is 0.0714. The van der Waals surface area contributed by atoms with Crippen LogP contribution in [0.3, 0.4) is 0 Å². The van der Waals surface area contributed by atoms with E-state index in [0.29, 0.717) is 28.5 Å². The van der Waals surface area contributed by atoms with Crippen molar-refractivity contribution < 1.29 is 19.4 Å². The van der Waals surface area contributed by atoms with Crippen molar-refractivity contribution in [1.29, 1.82) is 0 Å². The molecule has 5 rings (SSSR count). The van der Waals surface area contributed by atoms with Crippen molar-refractivity contribution >= 4 is 46.3 Å². The molecule has 184 valence electrons. The van der Waals surface area contributed by atoms with E-state index in [1.165, 1.54) is 0 Å². The van der Waals surface area contributed by atoms with E-state index in [1.54, 1.807) is 10.8 Å². The van der Waals surface area contributed by atoms with Crippen LogP contribution in [0, 0.1) is 0 Å². The summed E-state index contributed by atoms with van der Waals surface area (Å²) in [7, 11) is 0. The maximum atomic E-state index is 12.9. The van der Waals surface area contributed by atoms with E-state index in [2.05, 4.69) is 0 Å². The molecule has 0 unspecified atom stereocenters. The fourth-order valence-electron chi connectivity index (χ4n) is 3.82. The molecule has 0 aliphatic carbocycles. The molecule has 2 heterocycles. The number of benzene rings is 3. The summed E-state index contributed by atoms with van der Waals surface area (Å²) in [5.41, 5.74) is 4.08. The van der Waals surface area contributed by atoms with Crippen LogP contribution in [-0.4, -0.2) is 42.5 Å². The number of rotatable bonds is 8. The Morgan fingerprint density at radius 2 is 1.76 bits per heavy atom. The molecular formula is C28H21N3O4S2. The molecule has 37 heavy (non-hydrogen) atoms. The van der Waals surface area contributed by atoms with Crippen molar-refractivity contribution in [1.82, 2.24) is 14.7 Å². The normalized spacial score (nSPS) is 14.4. The first-order chi connectivity index (χ1) is 18.0. The summed E-state index contributed by atoms with van der Waals surface area (Å²) >= 11 is 6.33. The van der Waals surface area contributed by atoms with Gasteiger partial charge in [0, 0.05) is 17.3 Å². The van der Waals surface area contributed by atoms with Gasteiger partial charge in [-0.2, -0.15) is 5.10 Å². The van der Waals surface area contributed by atoms with Crippen molar-refractivity contribution in [2.45, 2.75) is 6.61 Å². The molecule has 1 aliphatic rings. The van der Waals surface area contributed by atoms with Crippen molar-refractivity contribution in [3.05, 3.63) is 107 Å². The van der Waals surface area contributed by atoms with E-state index in [0.717, 1.165) is 33.5 Å². The van der Waals surface area contributed by atoms with E-state index in [1.807, 2.05) is 91.1 Å². The quantitative estimate of drug-likeness (QED) is 0.242. The smallest absolute Gasteiger partial charge is 0.323 e. The van der Waals surface area contributed by atoms with Gasteiger partial charge in [-0.25, -0.2) is 4.68 Å². The Morgan fingerprint density at radius 3 is 2.49 bits per heavy atom. The second kappa shape index (κ2) is 10.8. The lowest BCUT2D eigenvalue weighted by Gasteiger charge is -2.10. The van der Waals surface area contributed by atoms with Crippen molar-refractivity contribution in [2.24, 2.45) is 0 Å². The number of aliphatic carboxylic acids is 1. The lowest BCUT2D eigenvalue weighted by atomic mass is 10.1. The summed E-state index contributed by atoms with van der Waals surface area (Å²) in [6.07, 6.45) is 3.55. The van der Waals surface area contributed by atoms with Crippen LogP contribution in [0.4, 0.5) is 0 Å². The zero-order chi connectivity index (χ0) is 25.8. The summed E-state index contributed by atoms with van der Waals surface area (Å²) in [6, 6.07) is 27.2. The third-order valence-electron chi connectivity index (χ3n) is 5.57. The molecule has 0 saturated carbocycles. The number of thiocarbonyl (C=S) groups is 1. The molecule has 3 aromatic carbocycles. The predicted octanol–water partition coefficient (Wildman–Crippen LogP) is 5.40. The average Bonchev–Trinajstić information content (AvgIpc) is 3.45.